The van der Waals surface area contributed by atoms with Crippen LogP contribution in [0.25, 0.3) is 0 Å². The molecule has 0 rings (SSSR count). The van der Waals surface area contributed by atoms with Crippen molar-refractivity contribution in [2.45, 2.75) is 13.8 Å². The van der Waals surface area contributed by atoms with Crippen molar-refractivity contribution < 1.29 is 14.7 Å². The summed E-state index contributed by atoms with van der Waals surface area (Å²) >= 11 is 1.67. The van der Waals surface area contributed by atoms with Gasteiger partial charge in [0, 0.05) is 24.6 Å². The highest BCUT2D eigenvalue weighted by molar-refractivity contribution is 7.99. The number of hydrogen-bond acceptors (Lipinski definition) is 3. The molecule has 1 unspecified atom stereocenters. The molecule has 0 aromatic rings. The van der Waals surface area contributed by atoms with Crippen LogP contribution in [0.4, 0.5) is 4.79 Å². The van der Waals surface area contributed by atoms with Gasteiger partial charge < -0.3 is 15.7 Å². The molecule has 0 aliphatic heterocycles. The van der Waals surface area contributed by atoms with Gasteiger partial charge in [0.1, 0.15) is 0 Å². The fourth-order valence-electron chi connectivity index (χ4n) is 1.28. The summed E-state index contributed by atoms with van der Waals surface area (Å²) in [4.78, 5) is 22.3. The second-order valence-electron chi connectivity index (χ2n) is 4.19. The lowest BCUT2D eigenvalue weighted by Gasteiger charge is -2.16. The normalized spacial score (nSPS) is 11.9. The monoisotopic (exact) mass is 274 g/mol. The Morgan fingerprint density at radius 3 is 2.56 bits per heavy atom. The van der Waals surface area contributed by atoms with Crippen LogP contribution in [0.2, 0.25) is 0 Å². The van der Waals surface area contributed by atoms with Gasteiger partial charge in [-0.3, -0.25) is 4.79 Å². The maximum atomic E-state index is 11.4. The zero-order valence-corrected chi connectivity index (χ0v) is 11.8. The number of carboxylic acid groups (broad SMARTS) is 1. The molecule has 18 heavy (non-hydrogen) atoms. The predicted molar refractivity (Wildman–Crippen MR) is 74.9 cm³/mol. The summed E-state index contributed by atoms with van der Waals surface area (Å²) in [6.07, 6.45) is 1.81. The number of rotatable bonds is 9. The van der Waals surface area contributed by atoms with Crippen molar-refractivity contribution >= 4 is 23.8 Å². The molecule has 0 aliphatic rings. The van der Waals surface area contributed by atoms with Gasteiger partial charge in [-0.15, -0.1) is 6.58 Å². The molecule has 0 aromatic heterocycles. The largest absolute Gasteiger partial charge is 0.481 e. The molecule has 0 saturated heterocycles. The first-order valence-corrected chi connectivity index (χ1v) is 7.07. The number of hydrogen-bond donors (Lipinski definition) is 3. The minimum Gasteiger partial charge on any atom is -0.481 e. The van der Waals surface area contributed by atoms with E-state index in [-0.39, 0.29) is 18.5 Å². The first-order valence-electron chi connectivity index (χ1n) is 5.92. The fourth-order valence-corrected chi connectivity index (χ4v) is 1.86. The zero-order chi connectivity index (χ0) is 14.0. The first kappa shape index (κ1) is 16.8. The Hall–Kier alpha value is -1.17. The number of nitrogens with one attached hydrogen (secondary N) is 2. The Balaban J connectivity index is 3.74. The molecule has 0 saturated carbocycles. The van der Waals surface area contributed by atoms with Gasteiger partial charge in [0.25, 0.3) is 0 Å². The molecular formula is C12H22N2O3S. The van der Waals surface area contributed by atoms with Crippen LogP contribution < -0.4 is 10.6 Å². The number of amides is 2. The van der Waals surface area contributed by atoms with Crippen LogP contribution in [-0.4, -0.2) is 41.7 Å². The van der Waals surface area contributed by atoms with Crippen molar-refractivity contribution in [1.82, 2.24) is 10.6 Å². The average molecular weight is 274 g/mol. The number of carboxylic acids is 1. The van der Waals surface area contributed by atoms with Crippen LogP contribution in [0, 0.1) is 11.8 Å². The van der Waals surface area contributed by atoms with Crippen LogP contribution in [0.3, 0.4) is 0 Å². The van der Waals surface area contributed by atoms with Crippen LogP contribution in [0.15, 0.2) is 12.7 Å². The Labute approximate surface area is 112 Å². The van der Waals surface area contributed by atoms with Gasteiger partial charge in [-0.1, -0.05) is 19.9 Å². The Morgan fingerprint density at radius 2 is 2.06 bits per heavy atom. The molecule has 0 fully saturated rings. The zero-order valence-electron chi connectivity index (χ0n) is 10.9. The molecule has 0 heterocycles. The topological polar surface area (TPSA) is 78.4 Å². The Bertz CT molecular complexity index is 282. The fraction of sp³-hybridized carbons (Fsp3) is 0.667. The van der Waals surface area contributed by atoms with E-state index in [2.05, 4.69) is 17.2 Å². The van der Waals surface area contributed by atoms with Gasteiger partial charge >= 0.3 is 12.0 Å². The van der Waals surface area contributed by atoms with Crippen molar-refractivity contribution in [1.29, 1.82) is 0 Å². The molecule has 0 spiro atoms. The molecule has 1 atom stereocenters. The molecule has 0 aliphatic carbocycles. The summed E-state index contributed by atoms with van der Waals surface area (Å²) in [5, 5.41) is 14.2. The lowest BCUT2D eigenvalue weighted by Crippen LogP contribution is -2.41. The van der Waals surface area contributed by atoms with E-state index in [0.29, 0.717) is 6.54 Å². The van der Waals surface area contributed by atoms with E-state index < -0.39 is 11.9 Å². The standard InChI is InChI=1S/C12H22N2O3S/c1-4-6-18-7-5-13-12(17)14-8-10(9(2)3)11(15)16/h4,9-10H,1,5-8H2,2-3H3,(H,15,16)(H2,13,14,17). The van der Waals surface area contributed by atoms with Gasteiger partial charge in [-0.25, -0.2) is 4.79 Å². The van der Waals surface area contributed by atoms with Crippen molar-refractivity contribution in [2.75, 3.05) is 24.6 Å². The Kier molecular flexibility index (Phi) is 9.18. The summed E-state index contributed by atoms with van der Waals surface area (Å²) in [5.74, 6) is 0.229. The second kappa shape index (κ2) is 9.82. The molecular weight excluding hydrogens is 252 g/mol. The van der Waals surface area contributed by atoms with Crippen molar-refractivity contribution in [2.24, 2.45) is 11.8 Å². The van der Waals surface area contributed by atoms with Gasteiger partial charge in [-0.2, -0.15) is 11.8 Å². The minimum absolute atomic E-state index is 0.00838. The lowest BCUT2D eigenvalue weighted by molar-refractivity contribution is -0.142. The van der Waals surface area contributed by atoms with Crippen molar-refractivity contribution in [3.05, 3.63) is 12.7 Å². The third-order valence-electron chi connectivity index (χ3n) is 2.37. The lowest BCUT2D eigenvalue weighted by atomic mass is 9.96. The average Bonchev–Trinajstić information content (AvgIpc) is 2.28. The van der Waals surface area contributed by atoms with Gasteiger partial charge in [0.05, 0.1) is 5.92 Å². The third kappa shape index (κ3) is 8.00. The minimum atomic E-state index is -0.883. The quantitative estimate of drug-likeness (QED) is 0.440. The van der Waals surface area contributed by atoms with Crippen LogP contribution >= 0.6 is 11.8 Å². The van der Waals surface area contributed by atoms with E-state index in [1.165, 1.54) is 0 Å². The summed E-state index contributed by atoms with van der Waals surface area (Å²) in [7, 11) is 0. The Morgan fingerprint density at radius 1 is 1.39 bits per heavy atom. The molecule has 0 aromatic carbocycles. The number of aliphatic carboxylic acids is 1. The summed E-state index contributed by atoms with van der Waals surface area (Å²) in [6.45, 7) is 7.96. The predicted octanol–water partition coefficient (Wildman–Crippen LogP) is 1.56. The highest BCUT2D eigenvalue weighted by Gasteiger charge is 2.21. The smallest absolute Gasteiger partial charge is 0.314 e. The van der Waals surface area contributed by atoms with Crippen LogP contribution in [0.5, 0.6) is 0 Å². The summed E-state index contributed by atoms with van der Waals surface area (Å²) in [5.41, 5.74) is 0. The molecule has 3 N–H and O–H groups in total. The molecule has 104 valence electrons. The van der Waals surface area contributed by atoms with E-state index in [4.69, 9.17) is 5.11 Å². The van der Waals surface area contributed by atoms with E-state index in [0.717, 1.165) is 11.5 Å². The highest BCUT2D eigenvalue weighted by Crippen LogP contribution is 2.09. The SMILES string of the molecule is C=CCSCCNC(=O)NCC(C(=O)O)C(C)C. The number of thioether (sulfide) groups is 1. The summed E-state index contributed by atoms with van der Waals surface area (Å²) in [6, 6.07) is -0.318. The van der Waals surface area contributed by atoms with Gasteiger partial charge in [0.15, 0.2) is 0 Å². The van der Waals surface area contributed by atoms with E-state index in [1.807, 2.05) is 19.9 Å². The third-order valence-corrected chi connectivity index (χ3v) is 3.34. The maximum absolute atomic E-state index is 11.4. The highest BCUT2D eigenvalue weighted by atomic mass is 32.2. The van der Waals surface area contributed by atoms with Crippen LogP contribution in [-0.2, 0) is 4.79 Å². The van der Waals surface area contributed by atoms with Crippen molar-refractivity contribution in [3.63, 3.8) is 0 Å². The van der Waals surface area contributed by atoms with E-state index in [9.17, 15) is 9.59 Å². The van der Waals surface area contributed by atoms with Crippen LogP contribution in [0.1, 0.15) is 13.8 Å². The number of carbonyl (C=O) groups excluding carboxylic acids is 1. The van der Waals surface area contributed by atoms with E-state index >= 15 is 0 Å². The number of carbonyl (C=O) groups is 2. The van der Waals surface area contributed by atoms with Crippen molar-refractivity contribution in [3.8, 4) is 0 Å². The molecule has 5 nitrogen and oxygen atoms in total. The number of urea groups is 1. The summed E-state index contributed by atoms with van der Waals surface area (Å²) < 4.78 is 0. The molecule has 6 heteroatoms. The van der Waals surface area contributed by atoms with Gasteiger partial charge in [0.2, 0.25) is 0 Å². The first-order chi connectivity index (χ1) is 8.49. The molecule has 0 radical (unpaired) electrons. The van der Waals surface area contributed by atoms with Gasteiger partial charge in [-0.05, 0) is 5.92 Å². The van der Waals surface area contributed by atoms with E-state index in [1.54, 1.807) is 11.8 Å². The maximum Gasteiger partial charge on any atom is 0.314 e. The molecule has 2 amide bonds. The molecule has 0 bridgehead atoms. The second-order valence-corrected chi connectivity index (χ2v) is 5.34.